The number of anilines is 4. The SMILES string of the molecule is COc1ccc(-c2ccnc(CCCCN3CCN(c4cccc(C(F)(F)F)c4)CC3)c2N)cc1.Nc1c(-c2ccsc2)ccnc1CCCCN1CCN(c2cccc(C(F)(F)F)c2)CC1. The number of rotatable bonds is 15. The van der Waals surface area contributed by atoms with E-state index in [9.17, 15) is 26.3 Å². The molecule has 3 aromatic heterocycles. The molecule has 4 N–H and O–H groups in total. The average molecular weight is 945 g/mol. The van der Waals surface area contributed by atoms with Gasteiger partial charge in [0.1, 0.15) is 5.75 Å². The van der Waals surface area contributed by atoms with Crippen LogP contribution < -0.4 is 26.0 Å². The van der Waals surface area contributed by atoms with Crippen LogP contribution in [0.3, 0.4) is 0 Å². The summed E-state index contributed by atoms with van der Waals surface area (Å²) in [5, 5.41) is 4.14. The molecule has 0 radical (unpaired) electrons. The van der Waals surface area contributed by atoms with Crippen molar-refractivity contribution >= 4 is 34.1 Å². The van der Waals surface area contributed by atoms with Gasteiger partial charge in [0.2, 0.25) is 0 Å². The molecule has 5 heterocycles. The number of aromatic nitrogens is 2. The zero-order chi connectivity index (χ0) is 47.4. The summed E-state index contributed by atoms with van der Waals surface area (Å²) in [7, 11) is 1.64. The normalized spacial score (nSPS) is 15.0. The van der Waals surface area contributed by atoms with E-state index >= 15 is 0 Å². The van der Waals surface area contributed by atoms with E-state index in [4.69, 9.17) is 16.2 Å². The van der Waals surface area contributed by atoms with Crippen molar-refractivity contribution in [1.29, 1.82) is 0 Å². The molecule has 3 aromatic carbocycles. The second kappa shape index (κ2) is 22.8. The molecule has 2 aliphatic rings. The third-order valence-corrected chi connectivity index (χ3v) is 13.2. The van der Waals surface area contributed by atoms with E-state index in [-0.39, 0.29) is 0 Å². The Hall–Kier alpha value is -5.84. The molecule has 9 nitrogen and oxygen atoms in total. The van der Waals surface area contributed by atoms with Crippen LogP contribution in [0.4, 0.5) is 49.1 Å². The quantitative estimate of drug-likeness (QED) is 0.0770. The van der Waals surface area contributed by atoms with E-state index in [2.05, 4.69) is 31.2 Å². The van der Waals surface area contributed by atoms with E-state index in [1.54, 1.807) is 36.8 Å². The molecule has 0 saturated carbocycles. The number of pyridine rings is 2. The van der Waals surface area contributed by atoms with Gasteiger partial charge in [-0.05, 0) is 140 Å². The number of nitrogens with two attached hydrogens (primary N) is 2. The highest BCUT2D eigenvalue weighted by molar-refractivity contribution is 7.08. The standard InChI is InChI=1S/C27H31F3N4O.C24H27F3N4S/c1-35-23-10-8-20(9-11-23)24-12-13-32-25(26(24)31)7-2-3-14-33-15-17-34(18-16-33)22-6-4-5-21(19-22)27(28,29)30;25-24(26,27)19-4-3-5-20(16-19)31-13-11-30(12-14-31)10-2-1-6-22-23(28)21(7-9-29-22)18-8-15-32-17-18/h4-6,8-13,19H,2-3,7,14-18,31H2,1H3;3-5,7-9,15-17H,1-2,6,10-14,28H2. The van der Waals surface area contributed by atoms with Crippen LogP contribution in [0.2, 0.25) is 0 Å². The minimum Gasteiger partial charge on any atom is -0.497 e. The Morgan fingerprint density at radius 3 is 1.45 bits per heavy atom. The molecular formula is C51H58F6N8OS. The summed E-state index contributed by atoms with van der Waals surface area (Å²) in [5.74, 6) is 0.803. The molecule has 16 heteroatoms. The van der Waals surface area contributed by atoms with Crippen molar-refractivity contribution in [2.75, 3.05) is 93.8 Å². The van der Waals surface area contributed by atoms with Gasteiger partial charge in [-0.3, -0.25) is 19.8 Å². The van der Waals surface area contributed by atoms with Crippen LogP contribution in [0.15, 0.2) is 114 Å². The summed E-state index contributed by atoms with van der Waals surface area (Å²) in [6.45, 7) is 8.22. The molecule has 6 aromatic rings. The second-order valence-corrected chi connectivity index (χ2v) is 17.6. The summed E-state index contributed by atoms with van der Waals surface area (Å²) in [4.78, 5) is 17.8. The number of methoxy groups -OCH3 is 1. The van der Waals surface area contributed by atoms with Gasteiger partial charge in [-0.1, -0.05) is 24.3 Å². The molecule has 0 unspecified atom stereocenters. The maximum absolute atomic E-state index is 13.0. The molecule has 2 aliphatic heterocycles. The van der Waals surface area contributed by atoms with E-state index in [0.717, 1.165) is 161 Å². The van der Waals surface area contributed by atoms with E-state index in [0.29, 0.717) is 17.1 Å². The fourth-order valence-electron chi connectivity index (χ4n) is 8.60. The molecule has 67 heavy (non-hydrogen) atoms. The summed E-state index contributed by atoms with van der Waals surface area (Å²) in [6, 6.07) is 25.0. The van der Waals surface area contributed by atoms with Crippen LogP contribution in [-0.2, 0) is 25.2 Å². The van der Waals surface area contributed by atoms with Crippen molar-refractivity contribution in [2.24, 2.45) is 0 Å². The number of benzene rings is 3. The van der Waals surface area contributed by atoms with Crippen molar-refractivity contribution in [3.63, 3.8) is 0 Å². The molecule has 0 aliphatic carbocycles. The van der Waals surface area contributed by atoms with E-state index in [1.165, 1.54) is 24.3 Å². The monoisotopic (exact) mass is 944 g/mol. The fraction of sp³-hybridized carbons (Fsp3) is 0.373. The summed E-state index contributed by atoms with van der Waals surface area (Å²) < 4.78 is 83.2. The average Bonchev–Trinajstić information content (AvgIpc) is 3.88. The Balaban J connectivity index is 0.000000200. The molecule has 356 valence electrons. The van der Waals surface area contributed by atoms with Crippen molar-refractivity contribution in [1.82, 2.24) is 19.8 Å². The van der Waals surface area contributed by atoms with Crippen LogP contribution >= 0.6 is 11.3 Å². The zero-order valence-electron chi connectivity index (χ0n) is 37.7. The van der Waals surface area contributed by atoms with Crippen LogP contribution in [0.1, 0.15) is 48.2 Å². The maximum Gasteiger partial charge on any atom is 0.416 e. The molecule has 0 amide bonds. The summed E-state index contributed by atoms with van der Waals surface area (Å²) >= 11 is 1.65. The predicted octanol–water partition coefficient (Wildman–Crippen LogP) is 11.1. The Labute approximate surface area is 393 Å². The van der Waals surface area contributed by atoms with Gasteiger partial charge in [0.15, 0.2) is 0 Å². The maximum atomic E-state index is 13.0. The number of nitrogens with zero attached hydrogens (tertiary/aromatic N) is 6. The first kappa shape index (κ1) is 49.1. The minimum atomic E-state index is -4.32. The lowest BCUT2D eigenvalue weighted by Crippen LogP contribution is -2.46. The molecule has 8 rings (SSSR count). The molecule has 0 spiro atoms. The number of aryl methyl sites for hydroxylation is 2. The number of nitrogen functional groups attached to an aromatic ring is 2. The van der Waals surface area contributed by atoms with Crippen molar-refractivity contribution in [2.45, 2.75) is 50.9 Å². The number of piperazine rings is 2. The van der Waals surface area contributed by atoms with Gasteiger partial charge < -0.3 is 26.0 Å². The molecule has 2 fully saturated rings. The van der Waals surface area contributed by atoms with Crippen molar-refractivity contribution < 1.29 is 31.1 Å². The molecule has 2 saturated heterocycles. The third-order valence-electron chi connectivity index (χ3n) is 12.5. The number of hydrogen-bond acceptors (Lipinski definition) is 10. The number of hydrogen-bond donors (Lipinski definition) is 2. The Kier molecular flexibility index (Phi) is 16.7. The topological polar surface area (TPSA) is 100 Å². The fourth-order valence-corrected chi connectivity index (χ4v) is 9.25. The first-order valence-electron chi connectivity index (χ1n) is 22.7. The second-order valence-electron chi connectivity index (χ2n) is 16.8. The van der Waals surface area contributed by atoms with Crippen molar-refractivity contribution in [3.05, 3.63) is 137 Å². The predicted molar refractivity (Wildman–Crippen MR) is 259 cm³/mol. The minimum absolute atomic E-state index is 0.589. The summed E-state index contributed by atoms with van der Waals surface area (Å²) in [5.41, 5.74) is 20.4. The number of halogens is 6. The number of thiophene rings is 1. The number of unbranched alkanes of at least 4 members (excludes halogenated alkanes) is 2. The highest BCUT2D eigenvalue weighted by atomic mass is 32.1. The lowest BCUT2D eigenvalue weighted by molar-refractivity contribution is -0.138. The van der Waals surface area contributed by atoms with Crippen LogP contribution in [0, 0.1) is 0 Å². The molecular weight excluding hydrogens is 887 g/mol. The highest BCUT2D eigenvalue weighted by Gasteiger charge is 2.32. The first-order chi connectivity index (χ1) is 32.3. The smallest absolute Gasteiger partial charge is 0.416 e. The Morgan fingerprint density at radius 2 is 1.03 bits per heavy atom. The number of ether oxygens (including phenoxy) is 1. The third kappa shape index (κ3) is 13.4. The zero-order valence-corrected chi connectivity index (χ0v) is 38.5. The van der Waals surface area contributed by atoms with Crippen LogP contribution in [0.25, 0.3) is 22.3 Å². The highest BCUT2D eigenvalue weighted by Crippen LogP contribution is 2.34. The van der Waals surface area contributed by atoms with E-state index < -0.39 is 23.5 Å². The Bertz CT molecular complexity index is 2470. The Morgan fingerprint density at radius 1 is 0.567 bits per heavy atom. The lowest BCUT2D eigenvalue weighted by atomic mass is 10.0. The van der Waals surface area contributed by atoms with Crippen LogP contribution in [0.5, 0.6) is 5.75 Å². The molecule has 0 atom stereocenters. The first-order valence-corrected chi connectivity index (χ1v) is 23.6. The van der Waals surface area contributed by atoms with Gasteiger partial charge in [-0.2, -0.15) is 37.7 Å². The van der Waals surface area contributed by atoms with Crippen molar-refractivity contribution in [3.8, 4) is 28.0 Å². The van der Waals surface area contributed by atoms with Gasteiger partial charge in [-0.25, -0.2) is 0 Å². The summed E-state index contributed by atoms with van der Waals surface area (Å²) in [6.07, 6.45) is 0.668. The number of alkyl halides is 6. The lowest BCUT2D eigenvalue weighted by Gasteiger charge is -2.36. The largest absolute Gasteiger partial charge is 0.497 e. The van der Waals surface area contributed by atoms with Gasteiger partial charge in [-0.15, -0.1) is 0 Å². The van der Waals surface area contributed by atoms with Gasteiger partial charge >= 0.3 is 12.4 Å². The van der Waals surface area contributed by atoms with Gasteiger partial charge in [0, 0.05) is 87.3 Å². The molecule has 0 bridgehead atoms. The van der Waals surface area contributed by atoms with Crippen LogP contribution in [-0.4, -0.2) is 92.3 Å². The van der Waals surface area contributed by atoms with Gasteiger partial charge in [0.25, 0.3) is 0 Å². The van der Waals surface area contributed by atoms with E-state index in [1.807, 2.05) is 57.8 Å². The van der Waals surface area contributed by atoms with Gasteiger partial charge in [0.05, 0.1) is 41.0 Å².